The summed E-state index contributed by atoms with van der Waals surface area (Å²) in [6, 6.07) is 7.75. The molecule has 0 atom stereocenters. The summed E-state index contributed by atoms with van der Waals surface area (Å²) in [5.41, 5.74) is 8.30. The third kappa shape index (κ3) is 1.92. The molecule has 0 spiro atoms. The van der Waals surface area contributed by atoms with Crippen LogP contribution in [0.2, 0.25) is 0 Å². The molecule has 0 saturated heterocycles. The van der Waals surface area contributed by atoms with Gasteiger partial charge < -0.3 is 15.0 Å². The van der Waals surface area contributed by atoms with E-state index in [4.69, 9.17) is 15.0 Å². The fourth-order valence-corrected chi connectivity index (χ4v) is 1.56. The lowest BCUT2D eigenvalue weighted by molar-refractivity contribution is 0.385. The monoisotopic (exact) mass is 218 g/mol. The molecule has 0 unspecified atom stereocenters. The average Bonchev–Trinajstić information content (AvgIpc) is 2.77. The summed E-state index contributed by atoms with van der Waals surface area (Å²) in [5, 5.41) is 3.97. The van der Waals surface area contributed by atoms with Gasteiger partial charge in [-0.3, -0.25) is 0 Å². The number of hydrogen-bond acceptors (Lipinski definition) is 4. The molecule has 0 radical (unpaired) electrons. The molecule has 0 fully saturated rings. The second-order valence-electron chi connectivity index (χ2n) is 3.59. The van der Waals surface area contributed by atoms with Crippen molar-refractivity contribution in [3.8, 4) is 17.0 Å². The van der Waals surface area contributed by atoms with Crippen molar-refractivity contribution in [1.82, 2.24) is 5.16 Å². The summed E-state index contributed by atoms with van der Waals surface area (Å²) in [6.45, 7) is 2.37. The van der Waals surface area contributed by atoms with E-state index in [2.05, 4.69) is 5.16 Å². The summed E-state index contributed by atoms with van der Waals surface area (Å²) in [5.74, 6) is 1.45. The first-order chi connectivity index (χ1) is 7.74. The number of aryl methyl sites for hydroxylation is 1. The van der Waals surface area contributed by atoms with E-state index < -0.39 is 0 Å². The van der Waals surface area contributed by atoms with Gasteiger partial charge in [-0.2, -0.15) is 0 Å². The number of benzene rings is 1. The van der Waals surface area contributed by atoms with Crippen molar-refractivity contribution in [2.45, 2.75) is 13.5 Å². The van der Waals surface area contributed by atoms with Gasteiger partial charge in [0.2, 0.25) is 0 Å². The van der Waals surface area contributed by atoms with Gasteiger partial charge in [0.1, 0.15) is 11.4 Å². The molecule has 0 aliphatic rings. The normalized spacial score (nSPS) is 10.4. The second-order valence-corrected chi connectivity index (χ2v) is 3.59. The van der Waals surface area contributed by atoms with Gasteiger partial charge in [0.15, 0.2) is 5.76 Å². The highest BCUT2D eigenvalue weighted by atomic mass is 16.5. The lowest BCUT2D eigenvalue weighted by Crippen LogP contribution is -1.92. The highest BCUT2D eigenvalue weighted by molar-refractivity contribution is 5.67. The minimum Gasteiger partial charge on any atom is -0.496 e. The molecule has 16 heavy (non-hydrogen) atoms. The highest BCUT2D eigenvalue weighted by Crippen LogP contribution is 2.30. The molecule has 4 heteroatoms. The second kappa shape index (κ2) is 4.37. The van der Waals surface area contributed by atoms with E-state index in [1.165, 1.54) is 0 Å². The van der Waals surface area contributed by atoms with Crippen molar-refractivity contribution in [3.05, 3.63) is 35.6 Å². The summed E-state index contributed by atoms with van der Waals surface area (Å²) in [7, 11) is 1.64. The molecule has 0 bridgehead atoms. The van der Waals surface area contributed by atoms with Crippen LogP contribution in [0, 0.1) is 6.92 Å². The van der Waals surface area contributed by atoms with E-state index >= 15 is 0 Å². The van der Waals surface area contributed by atoms with Crippen LogP contribution >= 0.6 is 0 Å². The molecule has 0 aliphatic carbocycles. The molecular formula is C12H14N2O2. The SMILES string of the molecule is COc1ccc(C)cc1-c1cc(CN)on1. The van der Waals surface area contributed by atoms with Crippen molar-refractivity contribution in [1.29, 1.82) is 0 Å². The Labute approximate surface area is 94.0 Å². The Balaban J connectivity index is 2.49. The minimum atomic E-state index is 0.348. The first-order valence-corrected chi connectivity index (χ1v) is 5.05. The van der Waals surface area contributed by atoms with E-state index in [1.54, 1.807) is 7.11 Å². The fraction of sp³-hybridized carbons (Fsp3) is 0.250. The van der Waals surface area contributed by atoms with Crippen molar-refractivity contribution < 1.29 is 9.26 Å². The van der Waals surface area contributed by atoms with Crippen molar-refractivity contribution in [2.24, 2.45) is 5.73 Å². The molecule has 2 N–H and O–H groups in total. The fourth-order valence-electron chi connectivity index (χ4n) is 1.56. The van der Waals surface area contributed by atoms with E-state index in [0.29, 0.717) is 12.3 Å². The maximum Gasteiger partial charge on any atom is 0.150 e. The van der Waals surface area contributed by atoms with Gasteiger partial charge in [0.05, 0.1) is 13.7 Å². The maximum atomic E-state index is 5.48. The molecule has 1 aromatic heterocycles. The highest BCUT2D eigenvalue weighted by Gasteiger charge is 2.10. The van der Waals surface area contributed by atoms with Crippen LogP contribution in [0.4, 0.5) is 0 Å². The van der Waals surface area contributed by atoms with Crippen LogP contribution in [0.15, 0.2) is 28.8 Å². The lowest BCUT2D eigenvalue weighted by atomic mass is 10.1. The quantitative estimate of drug-likeness (QED) is 0.857. The molecule has 2 aromatic rings. The number of methoxy groups -OCH3 is 1. The van der Waals surface area contributed by atoms with Crippen LogP contribution in [0.3, 0.4) is 0 Å². The first-order valence-electron chi connectivity index (χ1n) is 5.05. The third-order valence-corrected chi connectivity index (χ3v) is 2.39. The molecular weight excluding hydrogens is 204 g/mol. The van der Waals surface area contributed by atoms with E-state index in [9.17, 15) is 0 Å². The van der Waals surface area contributed by atoms with Gasteiger partial charge in [-0.1, -0.05) is 16.8 Å². The standard InChI is InChI=1S/C12H14N2O2/c1-8-3-4-12(15-2)10(5-8)11-6-9(7-13)16-14-11/h3-6H,7,13H2,1-2H3. The van der Waals surface area contributed by atoms with Crippen LogP contribution in [-0.2, 0) is 6.54 Å². The van der Waals surface area contributed by atoms with Crippen molar-refractivity contribution >= 4 is 0 Å². The van der Waals surface area contributed by atoms with Crippen LogP contribution < -0.4 is 10.5 Å². The average molecular weight is 218 g/mol. The zero-order chi connectivity index (χ0) is 11.5. The van der Waals surface area contributed by atoms with E-state index in [0.717, 1.165) is 22.6 Å². The predicted octanol–water partition coefficient (Wildman–Crippen LogP) is 2.12. The van der Waals surface area contributed by atoms with Crippen LogP contribution in [0.1, 0.15) is 11.3 Å². The van der Waals surface area contributed by atoms with Gasteiger partial charge in [-0.15, -0.1) is 0 Å². The van der Waals surface area contributed by atoms with Crippen LogP contribution in [-0.4, -0.2) is 12.3 Å². The van der Waals surface area contributed by atoms with E-state index in [-0.39, 0.29) is 0 Å². The molecule has 0 aliphatic heterocycles. The molecule has 1 aromatic carbocycles. The topological polar surface area (TPSA) is 61.3 Å². The Morgan fingerprint density at radius 1 is 1.38 bits per heavy atom. The molecule has 2 rings (SSSR count). The number of rotatable bonds is 3. The maximum absolute atomic E-state index is 5.48. The molecule has 0 amide bonds. The Hall–Kier alpha value is -1.81. The number of ether oxygens (including phenoxy) is 1. The van der Waals surface area contributed by atoms with Gasteiger partial charge in [-0.05, 0) is 19.1 Å². The summed E-state index contributed by atoms with van der Waals surface area (Å²) in [4.78, 5) is 0. The van der Waals surface area contributed by atoms with Gasteiger partial charge in [0.25, 0.3) is 0 Å². The zero-order valence-corrected chi connectivity index (χ0v) is 9.36. The Kier molecular flexibility index (Phi) is 2.92. The molecule has 1 heterocycles. The van der Waals surface area contributed by atoms with Gasteiger partial charge in [-0.25, -0.2) is 0 Å². The number of nitrogens with zero attached hydrogens (tertiary/aromatic N) is 1. The van der Waals surface area contributed by atoms with Crippen LogP contribution in [0.25, 0.3) is 11.3 Å². The Bertz CT molecular complexity index is 492. The summed E-state index contributed by atoms with van der Waals surface area (Å²) >= 11 is 0. The number of nitrogens with two attached hydrogens (primary N) is 1. The lowest BCUT2D eigenvalue weighted by Gasteiger charge is -2.06. The molecule has 84 valence electrons. The smallest absolute Gasteiger partial charge is 0.150 e. The van der Waals surface area contributed by atoms with E-state index in [1.807, 2.05) is 31.2 Å². The Morgan fingerprint density at radius 3 is 2.81 bits per heavy atom. The first kappa shape index (κ1) is 10.7. The van der Waals surface area contributed by atoms with Crippen molar-refractivity contribution in [3.63, 3.8) is 0 Å². The van der Waals surface area contributed by atoms with Crippen molar-refractivity contribution in [2.75, 3.05) is 7.11 Å². The zero-order valence-electron chi connectivity index (χ0n) is 9.36. The predicted molar refractivity (Wildman–Crippen MR) is 61.1 cm³/mol. The molecule has 0 saturated carbocycles. The minimum absolute atomic E-state index is 0.348. The Morgan fingerprint density at radius 2 is 2.19 bits per heavy atom. The number of aromatic nitrogens is 1. The van der Waals surface area contributed by atoms with Gasteiger partial charge in [0, 0.05) is 11.6 Å². The third-order valence-electron chi connectivity index (χ3n) is 2.39. The van der Waals surface area contributed by atoms with Crippen LogP contribution in [0.5, 0.6) is 5.75 Å². The summed E-state index contributed by atoms with van der Waals surface area (Å²) < 4.78 is 10.4. The molecule has 4 nitrogen and oxygen atoms in total. The number of hydrogen-bond donors (Lipinski definition) is 1. The van der Waals surface area contributed by atoms with Gasteiger partial charge >= 0.3 is 0 Å². The summed E-state index contributed by atoms with van der Waals surface area (Å²) in [6.07, 6.45) is 0. The largest absolute Gasteiger partial charge is 0.496 e.